The Bertz CT molecular complexity index is 849. The highest BCUT2D eigenvalue weighted by Gasteiger charge is 2.10. The minimum atomic E-state index is -0.867. The van der Waals surface area contributed by atoms with Crippen LogP contribution in [-0.4, -0.2) is 29.6 Å². The molecule has 0 aromatic heterocycles. The summed E-state index contributed by atoms with van der Waals surface area (Å²) in [5, 5.41) is 16.9. The third-order valence-electron chi connectivity index (χ3n) is 3.90. The molecule has 3 amide bonds. The van der Waals surface area contributed by atoms with E-state index >= 15 is 0 Å². The summed E-state index contributed by atoms with van der Waals surface area (Å²) >= 11 is 0. The Morgan fingerprint density at radius 2 is 1.81 bits per heavy atom. The quantitative estimate of drug-likeness (QED) is 0.600. The van der Waals surface area contributed by atoms with Crippen LogP contribution in [0.1, 0.15) is 34.8 Å². The summed E-state index contributed by atoms with van der Waals surface area (Å²) in [5.74, 6) is -1.07. The molecule has 0 saturated heterocycles. The van der Waals surface area contributed by atoms with Gasteiger partial charge in [-0.25, -0.2) is 4.79 Å². The van der Waals surface area contributed by atoms with Crippen LogP contribution in [0.2, 0.25) is 0 Å². The molecule has 2 rings (SSSR count). The van der Waals surface area contributed by atoms with Crippen LogP contribution in [-0.2, 0) is 11.2 Å². The summed E-state index contributed by atoms with van der Waals surface area (Å²) < 4.78 is 0. The van der Waals surface area contributed by atoms with E-state index in [2.05, 4.69) is 16.0 Å². The molecule has 27 heavy (non-hydrogen) atoms. The molecule has 0 fully saturated rings. The standard InChI is InChI=1S/C20H23N3O4/c1-3-21-19(26)15-9-7-13(2)17(12-15)23-20(27)22-16-6-4-5-14(11-16)8-10-18(24)25/h4-7,9,11-12H,3,8,10H2,1-2H3,(H,21,26)(H,24,25)(H2,22,23,27). The van der Waals surface area contributed by atoms with Gasteiger partial charge in [0.2, 0.25) is 0 Å². The molecule has 2 aromatic carbocycles. The largest absolute Gasteiger partial charge is 0.481 e. The Balaban J connectivity index is 2.05. The molecule has 0 aliphatic rings. The second-order valence-electron chi connectivity index (χ2n) is 6.06. The molecule has 0 unspecified atom stereocenters. The molecule has 142 valence electrons. The first-order chi connectivity index (χ1) is 12.9. The zero-order valence-corrected chi connectivity index (χ0v) is 15.3. The fraction of sp³-hybridized carbons (Fsp3) is 0.250. The topological polar surface area (TPSA) is 108 Å². The molecule has 2 aromatic rings. The minimum absolute atomic E-state index is 0.0292. The van der Waals surface area contributed by atoms with Gasteiger partial charge in [-0.05, 0) is 55.7 Å². The fourth-order valence-corrected chi connectivity index (χ4v) is 2.50. The molecule has 0 atom stereocenters. The smallest absolute Gasteiger partial charge is 0.323 e. The summed E-state index contributed by atoms with van der Waals surface area (Å²) in [5.41, 5.74) is 3.22. The van der Waals surface area contributed by atoms with Crippen LogP contribution in [0.3, 0.4) is 0 Å². The number of hydrogen-bond acceptors (Lipinski definition) is 3. The van der Waals surface area contributed by atoms with E-state index in [0.717, 1.165) is 11.1 Å². The summed E-state index contributed by atoms with van der Waals surface area (Å²) in [4.78, 5) is 34.9. The molecule has 0 saturated carbocycles. The van der Waals surface area contributed by atoms with Crippen LogP contribution >= 0.6 is 0 Å². The van der Waals surface area contributed by atoms with Gasteiger partial charge in [-0.3, -0.25) is 9.59 Å². The Morgan fingerprint density at radius 1 is 1.04 bits per heavy atom. The van der Waals surface area contributed by atoms with Gasteiger partial charge in [0.05, 0.1) is 0 Å². The number of anilines is 2. The summed E-state index contributed by atoms with van der Waals surface area (Å²) in [6.07, 6.45) is 0.418. The van der Waals surface area contributed by atoms with Gasteiger partial charge < -0.3 is 21.1 Å². The summed E-state index contributed by atoms with van der Waals surface area (Å²) in [6, 6.07) is 11.7. The fourth-order valence-electron chi connectivity index (χ4n) is 2.50. The van der Waals surface area contributed by atoms with E-state index in [1.165, 1.54) is 0 Å². The number of rotatable bonds is 7. The van der Waals surface area contributed by atoms with Gasteiger partial charge in [-0.2, -0.15) is 0 Å². The molecule has 0 aliphatic heterocycles. The molecule has 7 heteroatoms. The average molecular weight is 369 g/mol. The lowest BCUT2D eigenvalue weighted by molar-refractivity contribution is -0.136. The molecule has 4 N–H and O–H groups in total. The summed E-state index contributed by atoms with van der Waals surface area (Å²) in [6.45, 7) is 4.20. The Morgan fingerprint density at radius 3 is 2.52 bits per heavy atom. The van der Waals surface area contributed by atoms with Crippen LogP contribution < -0.4 is 16.0 Å². The molecule has 0 bridgehead atoms. The number of amides is 3. The molecular weight excluding hydrogens is 346 g/mol. The first-order valence-electron chi connectivity index (χ1n) is 8.66. The third kappa shape index (κ3) is 6.14. The second-order valence-corrected chi connectivity index (χ2v) is 6.06. The zero-order chi connectivity index (χ0) is 19.8. The highest BCUT2D eigenvalue weighted by Crippen LogP contribution is 2.18. The highest BCUT2D eigenvalue weighted by molar-refractivity contribution is 6.02. The number of carbonyl (C=O) groups excluding carboxylic acids is 2. The van der Waals surface area contributed by atoms with E-state index in [4.69, 9.17) is 5.11 Å². The molecule has 0 heterocycles. The Kier molecular flexibility index (Phi) is 6.93. The highest BCUT2D eigenvalue weighted by atomic mass is 16.4. The van der Waals surface area contributed by atoms with E-state index in [9.17, 15) is 14.4 Å². The number of hydrogen-bond donors (Lipinski definition) is 4. The van der Waals surface area contributed by atoms with Gasteiger partial charge in [0.15, 0.2) is 0 Å². The van der Waals surface area contributed by atoms with Gasteiger partial charge in [0, 0.05) is 29.9 Å². The van der Waals surface area contributed by atoms with Crippen molar-refractivity contribution in [1.29, 1.82) is 0 Å². The predicted octanol–water partition coefficient (Wildman–Crippen LogP) is 3.41. The van der Waals surface area contributed by atoms with Crippen molar-refractivity contribution in [3.8, 4) is 0 Å². The lowest BCUT2D eigenvalue weighted by Crippen LogP contribution is -2.24. The number of carboxylic acids is 1. The van der Waals surface area contributed by atoms with Crippen molar-refractivity contribution < 1.29 is 19.5 Å². The maximum Gasteiger partial charge on any atom is 0.323 e. The van der Waals surface area contributed by atoms with Crippen molar-refractivity contribution in [2.24, 2.45) is 0 Å². The molecular formula is C20H23N3O4. The predicted molar refractivity (Wildman–Crippen MR) is 104 cm³/mol. The van der Waals surface area contributed by atoms with Crippen molar-refractivity contribution in [2.45, 2.75) is 26.7 Å². The Labute approximate surface area is 157 Å². The molecule has 0 radical (unpaired) electrons. The number of carboxylic acid groups (broad SMARTS) is 1. The molecule has 0 aliphatic carbocycles. The van der Waals surface area contributed by atoms with Crippen molar-refractivity contribution in [3.05, 3.63) is 59.2 Å². The number of nitrogens with one attached hydrogen (secondary N) is 3. The molecule has 0 spiro atoms. The van der Waals surface area contributed by atoms with Gasteiger partial charge in [-0.1, -0.05) is 18.2 Å². The lowest BCUT2D eigenvalue weighted by atomic mass is 10.1. The second kappa shape index (κ2) is 9.38. The van der Waals surface area contributed by atoms with E-state index in [0.29, 0.717) is 29.9 Å². The van der Waals surface area contributed by atoms with Gasteiger partial charge >= 0.3 is 12.0 Å². The van der Waals surface area contributed by atoms with Crippen molar-refractivity contribution >= 4 is 29.3 Å². The van der Waals surface area contributed by atoms with Gasteiger partial charge in [-0.15, -0.1) is 0 Å². The van der Waals surface area contributed by atoms with E-state index in [1.54, 1.807) is 36.4 Å². The van der Waals surface area contributed by atoms with Crippen LogP contribution in [0, 0.1) is 6.92 Å². The molecule has 7 nitrogen and oxygen atoms in total. The number of aliphatic carboxylic acids is 1. The SMILES string of the molecule is CCNC(=O)c1ccc(C)c(NC(=O)Nc2cccc(CCC(=O)O)c2)c1. The monoisotopic (exact) mass is 369 g/mol. The van der Waals surface area contributed by atoms with E-state index in [1.807, 2.05) is 19.9 Å². The maximum atomic E-state index is 12.3. The number of carbonyl (C=O) groups is 3. The first kappa shape index (κ1) is 20.0. The normalized spacial score (nSPS) is 10.1. The lowest BCUT2D eigenvalue weighted by Gasteiger charge is -2.12. The average Bonchev–Trinajstić information content (AvgIpc) is 2.62. The van der Waals surface area contributed by atoms with Crippen LogP contribution in [0.5, 0.6) is 0 Å². The zero-order valence-electron chi connectivity index (χ0n) is 15.3. The minimum Gasteiger partial charge on any atom is -0.481 e. The van der Waals surface area contributed by atoms with Gasteiger partial charge in [0.1, 0.15) is 0 Å². The third-order valence-corrected chi connectivity index (χ3v) is 3.90. The first-order valence-corrected chi connectivity index (χ1v) is 8.66. The number of urea groups is 1. The van der Waals surface area contributed by atoms with Crippen LogP contribution in [0.4, 0.5) is 16.2 Å². The van der Waals surface area contributed by atoms with Crippen LogP contribution in [0.25, 0.3) is 0 Å². The maximum absolute atomic E-state index is 12.3. The van der Waals surface area contributed by atoms with Crippen molar-refractivity contribution in [2.75, 3.05) is 17.2 Å². The number of benzene rings is 2. The van der Waals surface area contributed by atoms with Crippen LogP contribution in [0.15, 0.2) is 42.5 Å². The van der Waals surface area contributed by atoms with Crippen molar-refractivity contribution in [3.63, 3.8) is 0 Å². The van der Waals surface area contributed by atoms with E-state index in [-0.39, 0.29) is 12.3 Å². The summed E-state index contributed by atoms with van der Waals surface area (Å²) in [7, 11) is 0. The number of aryl methyl sites for hydroxylation is 2. The van der Waals surface area contributed by atoms with E-state index < -0.39 is 12.0 Å². The van der Waals surface area contributed by atoms with Gasteiger partial charge in [0.25, 0.3) is 5.91 Å². The van der Waals surface area contributed by atoms with Crippen molar-refractivity contribution in [1.82, 2.24) is 5.32 Å². The Hall–Kier alpha value is -3.35.